The number of aromatic nitrogens is 2. The van der Waals surface area contributed by atoms with E-state index in [1.54, 1.807) is 0 Å². The highest BCUT2D eigenvalue weighted by Gasteiger charge is 2.40. The van der Waals surface area contributed by atoms with Gasteiger partial charge in [-0.05, 0) is 82.6 Å². The van der Waals surface area contributed by atoms with Crippen molar-refractivity contribution in [3.8, 4) is 39.4 Å². The standard InChI is InChI=1S/C50H33BN2OS/c1-2-54-36-22-25-41-47(30-36)55-48-29-35(28-46-49(48)51(41)42-18-11-17-40-37-16-9-10-19-43(37)53(46)50(40)42)52-44-26-33(31-12-5-3-6-13-31)20-23-38(44)39-24-21-34(27-45(39)52)32-14-7-4-8-15-32/h3-30H,2H2,1H3. The second kappa shape index (κ2) is 11.8. The predicted molar refractivity (Wildman–Crippen MR) is 232 cm³/mol. The summed E-state index contributed by atoms with van der Waals surface area (Å²) in [5.74, 6) is 0.918. The van der Waals surface area contributed by atoms with Crippen molar-refractivity contribution in [2.75, 3.05) is 6.61 Å². The van der Waals surface area contributed by atoms with Gasteiger partial charge in [0.05, 0.1) is 23.2 Å². The van der Waals surface area contributed by atoms with Gasteiger partial charge in [-0.3, -0.25) is 0 Å². The molecular formula is C50H33BN2OS. The van der Waals surface area contributed by atoms with Crippen molar-refractivity contribution in [2.45, 2.75) is 16.7 Å². The number of nitrogens with zero attached hydrogens (tertiary/aromatic N) is 2. The normalized spacial score (nSPS) is 12.8. The Morgan fingerprint density at radius 2 is 1.15 bits per heavy atom. The predicted octanol–water partition coefficient (Wildman–Crippen LogP) is 10.9. The molecule has 0 amide bonds. The van der Waals surface area contributed by atoms with Crippen LogP contribution in [0.4, 0.5) is 0 Å². The fourth-order valence-electron chi connectivity index (χ4n) is 9.43. The summed E-state index contributed by atoms with van der Waals surface area (Å²) in [6.45, 7) is 2.80. The minimum Gasteiger partial charge on any atom is -0.494 e. The lowest BCUT2D eigenvalue weighted by molar-refractivity contribution is 0.339. The maximum Gasteiger partial charge on any atom is 0.249 e. The molecule has 55 heavy (non-hydrogen) atoms. The van der Waals surface area contributed by atoms with Crippen LogP contribution in [-0.4, -0.2) is 22.5 Å². The number of hydrogen-bond acceptors (Lipinski definition) is 2. The van der Waals surface area contributed by atoms with E-state index in [2.05, 4.69) is 186 Å². The van der Waals surface area contributed by atoms with Crippen molar-refractivity contribution in [1.29, 1.82) is 0 Å². The summed E-state index contributed by atoms with van der Waals surface area (Å²) in [6, 6.07) is 62.9. The van der Waals surface area contributed by atoms with Crippen LogP contribution in [0.15, 0.2) is 180 Å². The van der Waals surface area contributed by atoms with Crippen LogP contribution >= 0.6 is 11.8 Å². The molecule has 0 N–H and O–H groups in total. The molecule has 258 valence electrons. The van der Waals surface area contributed by atoms with Crippen molar-refractivity contribution in [3.63, 3.8) is 0 Å². The average Bonchev–Trinajstić information content (AvgIpc) is 3.75. The third-order valence-corrected chi connectivity index (χ3v) is 12.9. The van der Waals surface area contributed by atoms with Crippen LogP contribution in [0.3, 0.4) is 0 Å². The van der Waals surface area contributed by atoms with Crippen molar-refractivity contribution < 1.29 is 4.74 Å². The molecule has 10 aromatic rings. The number of para-hydroxylation sites is 2. The first-order chi connectivity index (χ1) is 27.2. The average molecular weight is 721 g/mol. The zero-order valence-electron chi connectivity index (χ0n) is 30.2. The summed E-state index contributed by atoms with van der Waals surface area (Å²) >= 11 is 1.88. The highest BCUT2D eigenvalue weighted by molar-refractivity contribution is 8.00. The van der Waals surface area contributed by atoms with Crippen molar-refractivity contribution >= 4 is 78.5 Å². The van der Waals surface area contributed by atoms with E-state index in [1.807, 2.05) is 11.8 Å². The van der Waals surface area contributed by atoms with E-state index in [1.165, 1.54) is 97.7 Å². The van der Waals surface area contributed by atoms with Crippen LogP contribution in [0, 0.1) is 0 Å². The van der Waals surface area contributed by atoms with Gasteiger partial charge in [-0.25, -0.2) is 0 Å². The maximum absolute atomic E-state index is 6.07. The summed E-state index contributed by atoms with van der Waals surface area (Å²) in [5.41, 5.74) is 16.3. The van der Waals surface area contributed by atoms with E-state index in [9.17, 15) is 0 Å². The molecule has 0 saturated heterocycles. The van der Waals surface area contributed by atoms with Gasteiger partial charge in [0.2, 0.25) is 6.71 Å². The lowest BCUT2D eigenvalue weighted by Gasteiger charge is -2.34. The fourth-order valence-corrected chi connectivity index (χ4v) is 10.7. The van der Waals surface area contributed by atoms with Gasteiger partial charge in [-0.15, -0.1) is 0 Å². The van der Waals surface area contributed by atoms with E-state index in [4.69, 9.17) is 4.74 Å². The summed E-state index contributed by atoms with van der Waals surface area (Å²) in [4.78, 5) is 2.54. The Hall–Kier alpha value is -6.43. The van der Waals surface area contributed by atoms with Gasteiger partial charge in [-0.2, -0.15) is 0 Å². The Labute approximate surface area is 323 Å². The molecule has 0 unspecified atom stereocenters. The third-order valence-electron chi connectivity index (χ3n) is 11.7. The largest absolute Gasteiger partial charge is 0.494 e. The number of rotatable bonds is 5. The minimum absolute atomic E-state index is 0.110. The molecule has 2 aliphatic heterocycles. The fraction of sp³-hybridized carbons (Fsp3) is 0.0400. The molecule has 8 aromatic carbocycles. The monoisotopic (exact) mass is 720 g/mol. The molecule has 0 fully saturated rings. The lowest BCUT2D eigenvalue weighted by Crippen LogP contribution is -2.58. The molecular weight excluding hydrogens is 687 g/mol. The molecule has 0 aliphatic carbocycles. The van der Waals surface area contributed by atoms with Crippen LogP contribution in [0.2, 0.25) is 0 Å². The third kappa shape index (κ3) is 4.48. The molecule has 2 aromatic heterocycles. The van der Waals surface area contributed by atoms with E-state index in [0.29, 0.717) is 6.61 Å². The van der Waals surface area contributed by atoms with Gasteiger partial charge in [0, 0.05) is 48.2 Å². The molecule has 0 atom stereocenters. The Kier molecular flexibility index (Phi) is 6.64. The molecule has 0 bridgehead atoms. The van der Waals surface area contributed by atoms with Crippen molar-refractivity contribution in [3.05, 3.63) is 170 Å². The van der Waals surface area contributed by atoms with Crippen LogP contribution < -0.4 is 21.1 Å². The number of fused-ring (bicyclic) bond motifs is 10. The van der Waals surface area contributed by atoms with Crippen LogP contribution in [0.5, 0.6) is 5.75 Å². The van der Waals surface area contributed by atoms with Gasteiger partial charge in [-0.1, -0.05) is 145 Å². The van der Waals surface area contributed by atoms with Crippen LogP contribution in [-0.2, 0) is 0 Å². The topological polar surface area (TPSA) is 19.1 Å². The van der Waals surface area contributed by atoms with Gasteiger partial charge in [0.15, 0.2) is 0 Å². The molecule has 12 rings (SSSR count). The van der Waals surface area contributed by atoms with Crippen LogP contribution in [0.25, 0.3) is 77.2 Å². The second-order valence-electron chi connectivity index (χ2n) is 14.7. The Bertz CT molecular complexity index is 3100. The van der Waals surface area contributed by atoms with Crippen LogP contribution in [0.1, 0.15) is 6.92 Å². The summed E-state index contributed by atoms with van der Waals surface area (Å²) in [6.07, 6.45) is 0. The molecule has 4 heterocycles. The smallest absolute Gasteiger partial charge is 0.249 e. The lowest BCUT2D eigenvalue weighted by atomic mass is 9.35. The molecule has 0 saturated carbocycles. The molecule has 0 spiro atoms. The molecule has 0 radical (unpaired) electrons. The summed E-state index contributed by atoms with van der Waals surface area (Å²) < 4.78 is 11.1. The first kappa shape index (κ1) is 31.0. The zero-order chi connectivity index (χ0) is 36.2. The molecule has 3 nitrogen and oxygen atoms in total. The van der Waals surface area contributed by atoms with E-state index in [-0.39, 0.29) is 6.71 Å². The minimum atomic E-state index is 0.110. The highest BCUT2D eigenvalue weighted by Crippen LogP contribution is 2.43. The number of benzene rings is 8. The quantitative estimate of drug-likeness (QED) is 0.165. The van der Waals surface area contributed by atoms with Gasteiger partial charge in [0.1, 0.15) is 5.75 Å². The Morgan fingerprint density at radius 1 is 0.491 bits per heavy atom. The van der Waals surface area contributed by atoms with E-state index < -0.39 is 0 Å². The summed E-state index contributed by atoms with van der Waals surface area (Å²) in [5, 5.41) is 5.08. The van der Waals surface area contributed by atoms with Gasteiger partial charge in [0.25, 0.3) is 0 Å². The zero-order valence-corrected chi connectivity index (χ0v) is 31.0. The van der Waals surface area contributed by atoms with Crippen molar-refractivity contribution in [1.82, 2.24) is 9.13 Å². The van der Waals surface area contributed by atoms with Gasteiger partial charge >= 0.3 is 0 Å². The Morgan fingerprint density at radius 3 is 1.85 bits per heavy atom. The van der Waals surface area contributed by atoms with Crippen molar-refractivity contribution in [2.24, 2.45) is 0 Å². The second-order valence-corrected chi connectivity index (χ2v) is 15.8. The first-order valence-corrected chi connectivity index (χ1v) is 19.9. The highest BCUT2D eigenvalue weighted by atomic mass is 32.2. The number of ether oxygens (including phenoxy) is 1. The van der Waals surface area contributed by atoms with E-state index in [0.717, 1.165) is 11.4 Å². The van der Waals surface area contributed by atoms with Gasteiger partial charge < -0.3 is 13.9 Å². The molecule has 2 aliphatic rings. The first-order valence-electron chi connectivity index (χ1n) is 19.1. The SMILES string of the molecule is CCOc1ccc2c(c1)Sc1cc(-n3c4cc(-c5ccccc5)ccc4c4ccc(-c5ccccc5)cc43)cc3c1B2c1cccc2c4ccccc4n-3c12. The Balaban J connectivity index is 1.20. The molecule has 5 heteroatoms. The maximum atomic E-state index is 6.07. The summed E-state index contributed by atoms with van der Waals surface area (Å²) in [7, 11) is 0. The number of hydrogen-bond donors (Lipinski definition) is 0. The van der Waals surface area contributed by atoms with E-state index >= 15 is 0 Å².